The van der Waals surface area contributed by atoms with E-state index in [9.17, 15) is 19.7 Å². The van der Waals surface area contributed by atoms with Gasteiger partial charge >= 0.3 is 0 Å². The molecular weight excluding hydrogens is 382 g/mol. The van der Waals surface area contributed by atoms with Gasteiger partial charge in [0.1, 0.15) is 5.69 Å². The Hall–Kier alpha value is -3.48. The summed E-state index contributed by atoms with van der Waals surface area (Å²) in [6.07, 6.45) is 4.91. The smallest absolute Gasteiger partial charge is 0.294 e. The molecule has 1 N–H and O–H groups in total. The van der Waals surface area contributed by atoms with Gasteiger partial charge in [0.2, 0.25) is 11.8 Å². The number of carbonyl (C=O) groups is 2. The van der Waals surface area contributed by atoms with E-state index in [0.29, 0.717) is 12.2 Å². The van der Waals surface area contributed by atoms with Crippen molar-refractivity contribution in [2.75, 3.05) is 10.2 Å². The monoisotopic (exact) mass is 403 g/mol. The number of carbonyl (C=O) groups excluding carboxylic acids is 2. The van der Waals surface area contributed by atoms with Gasteiger partial charge in [-0.15, -0.1) is 0 Å². The molecule has 1 saturated carbocycles. The van der Waals surface area contributed by atoms with Crippen molar-refractivity contribution in [3.8, 4) is 0 Å². The predicted octanol–water partition coefficient (Wildman–Crippen LogP) is 3.83. The number of nitro benzene ring substituents is 1. The Morgan fingerprint density at radius 3 is 2.27 bits per heavy atom. The normalized spacial score (nSPS) is 26.4. The van der Waals surface area contributed by atoms with E-state index in [1.54, 1.807) is 12.1 Å². The van der Waals surface area contributed by atoms with Crippen molar-refractivity contribution in [2.24, 2.45) is 23.7 Å². The highest BCUT2D eigenvalue weighted by Crippen LogP contribution is 2.53. The molecule has 1 aliphatic heterocycles. The van der Waals surface area contributed by atoms with E-state index >= 15 is 0 Å². The number of hydrogen-bond donors (Lipinski definition) is 1. The molecule has 3 aliphatic rings. The third-order valence-corrected chi connectivity index (χ3v) is 6.51. The molecule has 7 nitrogen and oxygen atoms in total. The largest absolute Gasteiger partial charge is 0.375 e. The average molecular weight is 403 g/mol. The number of amides is 2. The van der Waals surface area contributed by atoms with Crippen molar-refractivity contribution in [1.82, 2.24) is 0 Å². The molecule has 152 valence electrons. The highest BCUT2D eigenvalue weighted by molar-refractivity contribution is 6.23. The van der Waals surface area contributed by atoms with Crippen LogP contribution in [0, 0.1) is 40.7 Å². The topological polar surface area (TPSA) is 92.6 Å². The number of aryl methyl sites for hydroxylation is 1. The maximum Gasteiger partial charge on any atom is 0.294 e. The van der Waals surface area contributed by atoms with Crippen LogP contribution in [0.1, 0.15) is 17.5 Å². The zero-order valence-electron chi connectivity index (χ0n) is 16.4. The van der Waals surface area contributed by atoms with Crippen LogP contribution in [0.4, 0.5) is 17.1 Å². The first kappa shape index (κ1) is 18.5. The van der Waals surface area contributed by atoms with Gasteiger partial charge in [-0.3, -0.25) is 19.7 Å². The molecule has 2 fully saturated rings. The highest BCUT2D eigenvalue weighted by atomic mass is 16.6. The average Bonchev–Trinajstić information content (AvgIpc) is 3.41. The number of fused-ring (bicyclic) bond motifs is 5. The van der Waals surface area contributed by atoms with Gasteiger partial charge in [-0.1, -0.05) is 42.0 Å². The van der Waals surface area contributed by atoms with Crippen LogP contribution in [0.5, 0.6) is 0 Å². The van der Waals surface area contributed by atoms with Crippen molar-refractivity contribution in [2.45, 2.75) is 19.9 Å². The van der Waals surface area contributed by atoms with E-state index in [1.165, 1.54) is 6.07 Å². The summed E-state index contributed by atoms with van der Waals surface area (Å²) in [6.45, 7) is 2.43. The molecule has 1 saturated heterocycles. The molecule has 2 aliphatic carbocycles. The molecule has 0 unspecified atom stereocenters. The van der Waals surface area contributed by atoms with Gasteiger partial charge < -0.3 is 5.32 Å². The number of nitrogens with one attached hydrogen (secondary N) is 1. The number of anilines is 2. The van der Waals surface area contributed by atoms with E-state index in [1.807, 2.05) is 43.3 Å². The number of benzene rings is 2. The van der Waals surface area contributed by atoms with E-state index in [2.05, 4.69) is 5.32 Å². The minimum atomic E-state index is -0.488. The van der Waals surface area contributed by atoms with E-state index in [-0.39, 0.29) is 46.9 Å². The lowest BCUT2D eigenvalue weighted by atomic mass is 9.85. The molecule has 0 aromatic heterocycles. The number of rotatable bonds is 5. The zero-order valence-corrected chi connectivity index (χ0v) is 16.4. The molecular formula is C23H21N3O4. The lowest BCUT2D eigenvalue weighted by Gasteiger charge is -2.18. The van der Waals surface area contributed by atoms with Crippen LogP contribution in [-0.4, -0.2) is 16.7 Å². The molecule has 2 aromatic carbocycles. The summed E-state index contributed by atoms with van der Waals surface area (Å²) in [4.78, 5) is 38.3. The first-order chi connectivity index (χ1) is 14.4. The first-order valence-electron chi connectivity index (χ1n) is 10.1. The Morgan fingerprint density at radius 1 is 1.03 bits per heavy atom. The van der Waals surface area contributed by atoms with Gasteiger partial charge in [0.05, 0.1) is 22.4 Å². The highest BCUT2D eigenvalue weighted by Gasteiger charge is 2.59. The number of allylic oxidation sites excluding steroid dienone is 2. The molecule has 5 rings (SSSR count). The molecule has 2 aromatic rings. The summed E-state index contributed by atoms with van der Waals surface area (Å²) in [5.74, 6) is -0.927. The van der Waals surface area contributed by atoms with Gasteiger partial charge in [0.25, 0.3) is 5.69 Å². The van der Waals surface area contributed by atoms with Gasteiger partial charge in [-0.05, 0) is 42.9 Å². The maximum atomic E-state index is 13.0. The molecule has 4 atom stereocenters. The summed E-state index contributed by atoms with van der Waals surface area (Å²) in [6, 6.07) is 12.4. The second-order valence-corrected chi connectivity index (χ2v) is 8.31. The summed E-state index contributed by atoms with van der Waals surface area (Å²) in [5.41, 5.74) is 2.61. The van der Waals surface area contributed by atoms with Crippen LogP contribution < -0.4 is 10.2 Å². The standard InChI is InChI=1S/C23H21N3O4/c1-13-2-4-14(5-3-13)12-24-18-9-8-17(11-19(18)26(29)30)25-22(27)20-15-6-7-16(10-15)21(20)23(25)28/h2-9,11,15-16,20-21,24H,10,12H2,1H3/t15-,16-,20-,21-/m0/s1. The van der Waals surface area contributed by atoms with Gasteiger partial charge in [0, 0.05) is 12.6 Å². The number of hydrogen-bond acceptors (Lipinski definition) is 5. The quantitative estimate of drug-likeness (QED) is 0.355. The third kappa shape index (κ3) is 2.81. The fourth-order valence-electron chi connectivity index (χ4n) is 5.02. The van der Waals surface area contributed by atoms with Crippen molar-refractivity contribution >= 4 is 28.9 Å². The second kappa shape index (κ2) is 6.79. The third-order valence-electron chi connectivity index (χ3n) is 6.51. The van der Waals surface area contributed by atoms with Crippen LogP contribution in [-0.2, 0) is 16.1 Å². The molecule has 0 spiro atoms. The summed E-state index contributed by atoms with van der Waals surface area (Å²) in [7, 11) is 0. The summed E-state index contributed by atoms with van der Waals surface area (Å²) >= 11 is 0. The molecule has 2 amide bonds. The van der Waals surface area contributed by atoms with Crippen molar-refractivity contribution in [3.63, 3.8) is 0 Å². The first-order valence-corrected chi connectivity index (χ1v) is 10.1. The Kier molecular flexibility index (Phi) is 4.20. The Balaban J connectivity index is 1.41. The molecule has 30 heavy (non-hydrogen) atoms. The minimum Gasteiger partial charge on any atom is -0.375 e. The summed E-state index contributed by atoms with van der Waals surface area (Å²) < 4.78 is 0. The number of imide groups is 1. The second-order valence-electron chi connectivity index (χ2n) is 8.31. The van der Waals surface area contributed by atoms with E-state index in [0.717, 1.165) is 22.4 Å². The van der Waals surface area contributed by atoms with Crippen molar-refractivity contribution in [3.05, 3.63) is 75.9 Å². The van der Waals surface area contributed by atoms with Gasteiger partial charge in [0.15, 0.2) is 0 Å². The predicted molar refractivity (Wildman–Crippen MR) is 112 cm³/mol. The van der Waals surface area contributed by atoms with Crippen LogP contribution in [0.2, 0.25) is 0 Å². The van der Waals surface area contributed by atoms with Crippen LogP contribution >= 0.6 is 0 Å². The zero-order chi connectivity index (χ0) is 21.0. The summed E-state index contributed by atoms with van der Waals surface area (Å²) in [5, 5.41) is 14.8. The van der Waals surface area contributed by atoms with E-state index < -0.39 is 4.92 Å². The minimum absolute atomic E-state index is 0.104. The Morgan fingerprint density at radius 2 is 1.67 bits per heavy atom. The number of nitrogens with zero attached hydrogens (tertiary/aromatic N) is 2. The molecule has 7 heteroatoms. The van der Waals surface area contributed by atoms with Crippen molar-refractivity contribution < 1.29 is 14.5 Å². The van der Waals surface area contributed by atoms with Crippen LogP contribution in [0.25, 0.3) is 0 Å². The molecule has 2 bridgehead atoms. The lowest BCUT2D eigenvalue weighted by molar-refractivity contribution is -0.383. The van der Waals surface area contributed by atoms with Crippen LogP contribution in [0.15, 0.2) is 54.6 Å². The van der Waals surface area contributed by atoms with E-state index in [4.69, 9.17) is 0 Å². The van der Waals surface area contributed by atoms with Crippen molar-refractivity contribution in [1.29, 1.82) is 0 Å². The fourth-order valence-corrected chi connectivity index (χ4v) is 5.02. The number of nitro groups is 1. The fraction of sp³-hybridized carbons (Fsp3) is 0.304. The van der Waals surface area contributed by atoms with Gasteiger partial charge in [-0.2, -0.15) is 0 Å². The molecule has 0 radical (unpaired) electrons. The Labute approximate surface area is 173 Å². The molecule has 1 heterocycles. The SMILES string of the molecule is Cc1ccc(CNc2ccc(N3C(=O)[C@@H]4[C@@H](C3=O)[C@H]3C=C[C@H]4C3)cc2[N+](=O)[O-])cc1. The van der Waals surface area contributed by atoms with Gasteiger partial charge in [-0.25, -0.2) is 4.90 Å². The lowest BCUT2D eigenvalue weighted by Crippen LogP contribution is -2.32. The van der Waals surface area contributed by atoms with Crippen LogP contribution in [0.3, 0.4) is 0 Å². The maximum absolute atomic E-state index is 13.0. The Bertz CT molecular complexity index is 1060.